The molecule has 0 fully saturated rings. The summed E-state index contributed by atoms with van der Waals surface area (Å²) in [5, 5.41) is 13.6. The normalized spacial score (nSPS) is 10.9. The molecule has 0 spiro atoms. The second-order valence-corrected chi connectivity index (χ2v) is 4.23. The molecule has 0 radical (unpaired) electrons. The molecule has 17 heavy (non-hydrogen) atoms. The molecular weight excluding hydrogens is 234 g/mol. The lowest BCUT2D eigenvalue weighted by molar-refractivity contribution is 0.861. The largest absolute Gasteiger partial charge is 0.265 e. The van der Waals surface area contributed by atoms with Gasteiger partial charge in [0.25, 0.3) is 0 Å². The van der Waals surface area contributed by atoms with E-state index in [9.17, 15) is 0 Å². The zero-order chi connectivity index (χ0) is 11.7. The highest BCUT2D eigenvalue weighted by Gasteiger charge is 2.09. The molecule has 0 aliphatic rings. The van der Waals surface area contributed by atoms with Crippen LogP contribution in [0.15, 0.2) is 41.7 Å². The van der Waals surface area contributed by atoms with E-state index < -0.39 is 0 Å². The molecule has 0 saturated heterocycles. The Labute approximate surface area is 102 Å². The maximum absolute atomic E-state index is 4.46. The van der Waals surface area contributed by atoms with E-state index in [0.29, 0.717) is 0 Å². The van der Waals surface area contributed by atoms with Gasteiger partial charge in [0.05, 0.1) is 0 Å². The van der Waals surface area contributed by atoms with E-state index in [2.05, 4.69) is 20.3 Å². The van der Waals surface area contributed by atoms with E-state index in [1.807, 2.05) is 30.5 Å². The van der Waals surface area contributed by atoms with Gasteiger partial charge in [-0.25, -0.2) is 0 Å². The Hall–Kier alpha value is -1.95. The van der Waals surface area contributed by atoms with Gasteiger partial charge in [-0.3, -0.25) is 4.98 Å². The molecule has 0 unspecified atom stereocenters. The molecule has 5 nitrogen and oxygen atoms in total. The highest BCUT2D eigenvalue weighted by atomic mass is 32.2. The van der Waals surface area contributed by atoms with Crippen molar-refractivity contribution >= 4 is 17.4 Å². The smallest absolute Gasteiger partial charge is 0.185 e. The zero-order valence-corrected chi connectivity index (χ0v) is 9.92. The molecule has 84 valence electrons. The average Bonchev–Trinajstić information content (AvgIpc) is 2.82. The SMILES string of the molecule is CSc1ccc2nnc(-c3ccncc3)n2n1. The van der Waals surface area contributed by atoms with E-state index in [4.69, 9.17) is 0 Å². The summed E-state index contributed by atoms with van der Waals surface area (Å²) in [6.45, 7) is 0. The van der Waals surface area contributed by atoms with Crippen LogP contribution in [-0.2, 0) is 0 Å². The lowest BCUT2D eigenvalue weighted by atomic mass is 10.2. The Morgan fingerprint density at radius 3 is 2.65 bits per heavy atom. The summed E-state index contributed by atoms with van der Waals surface area (Å²) in [6, 6.07) is 7.63. The van der Waals surface area contributed by atoms with E-state index in [1.54, 1.807) is 28.7 Å². The Morgan fingerprint density at radius 2 is 1.88 bits per heavy atom. The van der Waals surface area contributed by atoms with Crippen LogP contribution in [0.25, 0.3) is 17.0 Å². The molecule has 3 heterocycles. The van der Waals surface area contributed by atoms with Gasteiger partial charge in [0.1, 0.15) is 5.03 Å². The third-order valence-corrected chi connectivity index (χ3v) is 3.02. The van der Waals surface area contributed by atoms with Crippen molar-refractivity contribution in [1.29, 1.82) is 0 Å². The fraction of sp³-hybridized carbons (Fsp3) is 0.0909. The quantitative estimate of drug-likeness (QED) is 0.643. The number of rotatable bonds is 2. The minimum absolute atomic E-state index is 0.735. The van der Waals surface area contributed by atoms with Crippen molar-refractivity contribution in [3.05, 3.63) is 36.7 Å². The summed E-state index contributed by atoms with van der Waals surface area (Å²) >= 11 is 1.59. The third-order valence-electron chi connectivity index (χ3n) is 2.39. The van der Waals surface area contributed by atoms with Crippen molar-refractivity contribution < 1.29 is 0 Å². The minimum atomic E-state index is 0.735. The van der Waals surface area contributed by atoms with Crippen LogP contribution < -0.4 is 0 Å². The number of hydrogen-bond donors (Lipinski definition) is 0. The van der Waals surface area contributed by atoms with E-state index >= 15 is 0 Å². The van der Waals surface area contributed by atoms with Gasteiger partial charge in [0.15, 0.2) is 11.5 Å². The summed E-state index contributed by atoms with van der Waals surface area (Å²) in [5.74, 6) is 0.735. The number of aromatic nitrogens is 5. The molecule has 3 aromatic heterocycles. The Balaban J connectivity index is 2.23. The predicted octanol–water partition coefficient (Wildman–Crippen LogP) is 1.91. The first-order valence-electron chi connectivity index (χ1n) is 5.05. The molecule has 0 amide bonds. The Morgan fingerprint density at radius 1 is 1.06 bits per heavy atom. The van der Waals surface area contributed by atoms with Crippen LogP contribution >= 0.6 is 11.8 Å². The molecule has 0 N–H and O–H groups in total. The van der Waals surface area contributed by atoms with Gasteiger partial charge in [0, 0.05) is 18.0 Å². The van der Waals surface area contributed by atoms with Gasteiger partial charge in [-0.05, 0) is 30.5 Å². The van der Waals surface area contributed by atoms with Crippen molar-refractivity contribution in [3.63, 3.8) is 0 Å². The number of hydrogen-bond acceptors (Lipinski definition) is 5. The molecule has 0 saturated carbocycles. The first-order valence-corrected chi connectivity index (χ1v) is 6.28. The highest BCUT2D eigenvalue weighted by Crippen LogP contribution is 2.18. The second-order valence-electron chi connectivity index (χ2n) is 3.41. The van der Waals surface area contributed by atoms with E-state index in [1.165, 1.54) is 0 Å². The van der Waals surface area contributed by atoms with Crippen LogP contribution in [0.4, 0.5) is 0 Å². The van der Waals surface area contributed by atoms with Gasteiger partial charge >= 0.3 is 0 Å². The van der Waals surface area contributed by atoms with Gasteiger partial charge in [-0.2, -0.15) is 9.61 Å². The highest BCUT2D eigenvalue weighted by molar-refractivity contribution is 7.98. The van der Waals surface area contributed by atoms with Crippen molar-refractivity contribution in [2.75, 3.05) is 6.26 Å². The molecule has 0 atom stereocenters. The molecule has 3 aromatic rings. The van der Waals surface area contributed by atoms with Gasteiger partial charge in [-0.1, -0.05) is 0 Å². The predicted molar refractivity (Wildman–Crippen MR) is 65.8 cm³/mol. The molecule has 0 aliphatic heterocycles. The number of pyridine rings is 1. The van der Waals surface area contributed by atoms with Crippen LogP contribution in [0, 0.1) is 0 Å². The first-order chi connectivity index (χ1) is 8.38. The lowest BCUT2D eigenvalue weighted by Gasteiger charge is -2.00. The van der Waals surface area contributed by atoms with Crippen molar-refractivity contribution in [1.82, 2.24) is 24.8 Å². The maximum Gasteiger partial charge on any atom is 0.185 e. The topological polar surface area (TPSA) is 56.0 Å². The second kappa shape index (κ2) is 4.14. The zero-order valence-electron chi connectivity index (χ0n) is 9.11. The molecule has 3 rings (SSSR count). The average molecular weight is 243 g/mol. The molecular formula is C11H9N5S. The van der Waals surface area contributed by atoms with Gasteiger partial charge < -0.3 is 0 Å². The van der Waals surface area contributed by atoms with E-state index in [0.717, 1.165) is 22.1 Å². The summed E-state index contributed by atoms with van der Waals surface area (Å²) < 4.78 is 1.75. The monoisotopic (exact) mass is 243 g/mol. The maximum atomic E-state index is 4.46. The fourth-order valence-corrected chi connectivity index (χ4v) is 1.93. The molecule has 0 bridgehead atoms. The molecule has 0 aromatic carbocycles. The summed E-state index contributed by atoms with van der Waals surface area (Å²) in [7, 11) is 0. The van der Waals surface area contributed by atoms with Gasteiger partial charge in [-0.15, -0.1) is 22.0 Å². The number of thioether (sulfide) groups is 1. The summed E-state index contributed by atoms with van der Waals surface area (Å²) in [4.78, 5) is 3.99. The van der Waals surface area contributed by atoms with Gasteiger partial charge in [0.2, 0.25) is 0 Å². The van der Waals surface area contributed by atoms with Crippen LogP contribution in [0.5, 0.6) is 0 Å². The molecule has 6 heteroatoms. The van der Waals surface area contributed by atoms with Crippen LogP contribution in [0.1, 0.15) is 0 Å². The first kappa shape index (κ1) is 10.2. The fourth-order valence-electron chi connectivity index (χ4n) is 1.56. The van der Waals surface area contributed by atoms with Crippen LogP contribution in [0.2, 0.25) is 0 Å². The Bertz CT molecular complexity index is 649. The van der Waals surface area contributed by atoms with Crippen LogP contribution in [0.3, 0.4) is 0 Å². The Kier molecular flexibility index (Phi) is 2.49. The number of nitrogens with zero attached hydrogens (tertiary/aromatic N) is 5. The number of fused-ring (bicyclic) bond motifs is 1. The lowest BCUT2D eigenvalue weighted by Crippen LogP contribution is -1.96. The van der Waals surface area contributed by atoms with Crippen LogP contribution in [-0.4, -0.2) is 31.1 Å². The van der Waals surface area contributed by atoms with Crippen molar-refractivity contribution in [3.8, 4) is 11.4 Å². The summed E-state index contributed by atoms with van der Waals surface area (Å²) in [5.41, 5.74) is 1.70. The minimum Gasteiger partial charge on any atom is -0.265 e. The molecule has 0 aliphatic carbocycles. The van der Waals surface area contributed by atoms with E-state index in [-0.39, 0.29) is 0 Å². The standard InChI is InChI=1S/C11H9N5S/c1-17-10-3-2-9-13-14-11(16(9)15-10)8-4-6-12-7-5-8/h2-7H,1H3. The third kappa shape index (κ3) is 1.76. The van der Waals surface area contributed by atoms with Crippen molar-refractivity contribution in [2.24, 2.45) is 0 Å². The van der Waals surface area contributed by atoms with Crippen molar-refractivity contribution in [2.45, 2.75) is 5.03 Å². The summed E-state index contributed by atoms with van der Waals surface area (Å²) in [6.07, 6.45) is 5.45.